The number of nitrogens with zero attached hydrogens (tertiary/aromatic N) is 4. The average molecular weight is 235 g/mol. The van der Waals surface area contributed by atoms with Gasteiger partial charge in [0.1, 0.15) is 17.8 Å². The molecule has 0 aliphatic heterocycles. The summed E-state index contributed by atoms with van der Waals surface area (Å²) < 4.78 is 1.44. The number of aryl methyl sites for hydroxylation is 1. The predicted molar refractivity (Wildman–Crippen MR) is 60.0 cm³/mol. The van der Waals surface area contributed by atoms with Crippen LogP contribution in [-0.4, -0.2) is 37.4 Å². The van der Waals surface area contributed by atoms with Crippen LogP contribution in [0.2, 0.25) is 0 Å². The average Bonchev–Trinajstić information content (AvgIpc) is 2.89. The van der Waals surface area contributed by atoms with Crippen LogP contribution in [0.1, 0.15) is 16.3 Å². The lowest BCUT2D eigenvalue weighted by Crippen LogP contribution is -2.28. The Morgan fingerprint density at radius 3 is 3.06 bits per heavy atom. The van der Waals surface area contributed by atoms with Crippen LogP contribution in [0.5, 0.6) is 0 Å². The molecule has 2 heterocycles. The fraction of sp³-hybridized carbons (Fsp3) is 0.333. The lowest BCUT2D eigenvalue weighted by molar-refractivity contribution is 0.0945. The number of amides is 1. The predicted octanol–water partition coefficient (Wildman–Crippen LogP) is -0.907. The number of aromatic amines is 1. The van der Waals surface area contributed by atoms with Crippen LogP contribution in [0.15, 0.2) is 12.5 Å². The van der Waals surface area contributed by atoms with Gasteiger partial charge in [0.2, 0.25) is 0 Å². The molecule has 0 radical (unpaired) electrons. The number of carbonyl (C=O) groups excluding carboxylic acids is 1. The van der Waals surface area contributed by atoms with E-state index in [1.165, 1.54) is 17.2 Å². The first-order valence-corrected chi connectivity index (χ1v) is 5.08. The first kappa shape index (κ1) is 11.1. The first-order chi connectivity index (χ1) is 8.18. The molecule has 0 unspecified atom stereocenters. The number of rotatable bonds is 4. The van der Waals surface area contributed by atoms with E-state index < -0.39 is 0 Å². The van der Waals surface area contributed by atoms with Crippen molar-refractivity contribution in [2.75, 3.05) is 12.3 Å². The second kappa shape index (κ2) is 4.64. The van der Waals surface area contributed by atoms with Crippen LogP contribution in [0.25, 0.3) is 0 Å². The van der Waals surface area contributed by atoms with E-state index in [0.29, 0.717) is 24.3 Å². The zero-order valence-electron chi connectivity index (χ0n) is 9.34. The molecule has 2 rings (SSSR count). The number of nitrogen functional groups attached to an aromatic ring is 1. The summed E-state index contributed by atoms with van der Waals surface area (Å²) in [6, 6.07) is 0. The van der Waals surface area contributed by atoms with E-state index in [2.05, 4.69) is 25.6 Å². The lowest BCUT2D eigenvalue weighted by Gasteiger charge is -2.04. The molecular weight excluding hydrogens is 222 g/mol. The van der Waals surface area contributed by atoms with Crippen molar-refractivity contribution in [2.45, 2.75) is 6.42 Å². The van der Waals surface area contributed by atoms with Gasteiger partial charge in [0, 0.05) is 20.0 Å². The molecule has 0 aromatic carbocycles. The third-order valence-corrected chi connectivity index (χ3v) is 2.29. The summed E-state index contributed by atoms with van der Waals surface area (Å²) in [6.07, 6.45) is 3.46. The molecule has 0 saturated heterocycles. The van der Waals surface area contributed by atoms with Gasteiger partial charge in [-0.3, -0.25) is 14.6 Å². The van der Waals surface area contributed by atoms with E-state index >= 15 is 0 Å². The van der Waals surface area contributed by atoms with Crippen LogP contribution < -0.4 is 11.1 Å². The minimum Gasteiger partial charge on any atom is -0.396 e. The Bertz CT molecular complexity index is 482. The van der Waals surface area contributed by atoms with Crippen molar-refractivity contribution < 1.29 is 4.79 Å². The summed E-state index contributed by atoms with van der Waals surface area (Å²) in [5, 5.41) is 13.1. The van der Waals surface area contributed by atoms with Crippen molar-refractivity contribution in [1.29, 1.82) is 0 Å². The Kier molecular flexibility index (Phi) is 3.03. The van der Waals surface area contributed by atoms with E-state index in [1.807, 2.05) is 0 Å². The number of anilines is 1. The minimum absolute atomic E-state index is 0.248. The van der Waals surface area contributed by atoms with Crippen LogP contribution in [-0.2, 0) is 13.5 Å². The molecule has 4 N–H and O–H groups in total. The summed E-state index contributed by atoms with van der Waals surface area (Å²) in [6.45, 7) is 0.457. The van der Waals surface area contributed by atoms with Crippen molar-refractivity contribution >= 4 is 11.6 Å². The van der Waals surface area contributed by atoms with Gasteiger partial charge in [-0.25, -0.2) is 4.98 Å². The van der Waals surface area contributed by atoms with Gasteiger partial charge >= 0.3 is 0 Å². The SMILES string of the molecule is Cn1ncc(N)c1C(=O)NCCc1ncn[nH]1. The first-order valence-electron chi connectivity index (χ1n) is 5.08. The molecule has 0 aliphatic carbocycles. The summed E-state index contributed by atoms with van der Waals surface area (Å²) in [7, 11) is 1.67. The van der Waals surface area contributed by atoms with Gasteiger partial charge in [-0.15, -0.1) is 0 Å². The van der Waals surface area contributed by atoms with Gasteiger partial charge in [-0.05, 0) is 0 Å². The van der Waals surface area contributed by atoms with Crippen LogP contribution in [0.4, 0.5) is 5.69 Å². The highest BCUT2D eigenvalue weighted by Gasteiger charge is 2.14. The monoisotopic (exact) mass is 235 g/mol. The van der Waals surface area contributed by atoms with E-state index in [9.17, 15) is 4.79 Å². The zero-order chi connectivity index (χ0) is 12.3. The molecule has 2 aromatic rings. The standard InChI is InChI=1S/C9H13N7O/c1-16-8(6(10)4-14-16)9(17)11-3-2-7-12-5-13-15-7/h4-5H,2-3,10H2,1H3,(H,11,17)(H,12,13,15). The highest BCUT2D eigenvalue weighted by molar-refractivity contribution is 5.97. The van der Waals surface area contributed by atoms with Crippen LogP contribution >= 0.6 is 0 Å². The second-order valence-corrected chi connectivity index (χ2v) is 3.51. The largest absolute Gasteiger partial charge is 0.396 e. The summed E-state index contributed by atoms with van der Waals surface area (Å²) in [4.78, 5) is 15.7. The maximum Gasteiger partial charge on any atom is 0.271 e. The van der Waals surface area contributed by atoms with E-state index in [-0.39, 0.29) is 5.91 Å². The van der Waals surface area contributed by atoms with Crippen molar-refractivity contribution in [3.05, 3.63) is 24.0 Å². The third-order valence-electron chi connectivity index (χ3n) is 2.29. The number of hydrogen-bond acceptors (Lipinski definition) is 5. The molecule has 0 aliphatic rings. The van der Waals surface area contributed by atoms with Gasteiger partial charge in [-0.1, -0.05) is 0 Å². The lowest BCUT2D eigenvalue weighted by atomic mass is 10.3. The number of hydrogen-bond donors (Lipinski definition) is 3. The van der Waals surface area contributed by atoms with Crippen molar-refractivity contribution in [3.8, 4) is 0 Å². The van der Waals surface area contributed by atoms with Crippen molar-refractivity contribution in [1.82, 2.24) is 30.3 Å². The highest BCUT2D eigenvalue weighted by Crippen LogP contribution is 2.08. The number of aromatic nitrogens is 5. The molecule has 90 valence electrons. The molecule has 0 saturated carbocycles. The molecule has 0 bridgehead atoms. The fourth-order valence-corrected chi connectivity index (χ4v) is 1.46. The van der Waals surface area contributed by atoms with Crippen LogP contribution in [0.3, 0.4) is 0 Å². The Morgan fingerprint density at radius 2 is 2.47 bits per heavy atom. The number of nitrogens with two attached hydrogens (primary N) is 1. The summed E-state index contributed by atoms with van der Waals surface area (Å²) >= 11 is 0. The Morgan fingerprint density at radius 1 is 1.65 bits per heavy atom. The fourth-order valence-electron chi connectivity index (χ4n) is 1.46. The van der Waals surface area contributed by atoms with E-state index in [1.54, 1.807) is 7.05 Å². The summed E-state index contributed by atoms with van der Waals surface area (Å²) in [5.74, 6) is 0.477. The van der Waals surface area contributed by atoms with Gasteiger partial charge in [0.25, 0.3) is 5.91 Å². The molecule has 0 spiro atoms. The second-order valence-electron chi connectivity index (χ2n) is 3.51. The topological polar surface area (TPSA) is 115 Å². The Labute approximate surface area is 97.2 Å². The normalized spacial score (nSPS) is 10.4. The Hall–Kier alpha value is -2.38. The van der Waals surface area contributed by atoms with Crippen LogP contribution in [0, 0.1) is 0 Å². The molecule has 17 heavy (non-hydrogen) atoms. The minimum atomic E-state index is -0.248. The Balaban J connectivity index is 1.90. The zero-order valence-corrected chi connectivity index (χ0v) is 9.34. The number of nitrogens with one attached hydrogen (secondary N) is 2. The summed E-state index contributed by atoms with van der Waals surface area (Å²) in [5.41, 5.74) is 6.36. The van der Waals surface area contributed by atoms with E-state index in [4.69, 9.17) is 5.73 Å². The van der Waals surface area contributed by atoms with Gasteiger partial charge in [0.15, 0.2) is 0 Å². The molecule has 2 aromatic heterocycles. The molecule has 8 nitrogen and oxygen atoms in total. The van der Waals surface area contributed by atoms with Gasteiger partial charge in [-0.2, -0.15) is 10.2 Å². The molecular formula is C9H13N7O. The smallest absolute Gasteiger partial charge is 0.271 e. The highest BCUT2D eigenvalue weighted by atomic mass is 16.2. The quantitative estimate of drug-likeness (QED) is 0.635. The van der Waals surface area contributed by atoms with Gasteiger partial charge in [0.05, 0.1) is 11.9 Å². The van der Waals surface area contributed by atoms with Crippen molar-refractivity contribution in [2.24, 2.45) is 7.05 Å². The number of carbonyl (C=O) groups is 1. The van der Waals surface area contributed by atoms with Gasteiger partial charge < -0.3 is 11.1 Å². The molecule has 0 fully saturated rings. The maximum atomic E-state index is 11.8. The third kappa shape index (κ3) is 2.41. The molecule has 1 amide bonds. The molecule has 0 atom stereocenters. The molecule has 8 heteroatoms. The van der Waals surface area contributed by atoms with Crippen molar-refractivity contribution in [3.63, 3.8) is 0 Å². The number of H-pyrrole nitrogens is 1. The van der Waals surface area contributed by atoms with E-state index in [0.717, 1.165) is 5.82 Å². The maximum absolute atomic E-state index is 11.8.